The Balaban J connectivity index is 1.66. The van der Waals surface area contributed by atoms with E-state index >= 15 is 0 Å². The van der Waals surface area contributed by atoms with Crippen LogP contribution in [0.3, 0.4) is 0 Å². The molecule has 0 radical (unpaired) electrons. The summed E-state index contributed by atoms with van der Waals surface area (Å²) < 4.78 is 0. The van der Waals surface area contributed by atoms with E-state index in [2.05, 4.69) is 16.8 Å². The van der Waals surface area contributed by atoms with Gasteiger partial charge in [0.25, 0.3) is 0 Å². The van der Waals surface area contributed by atoms with E-state index in [0.717, 1.165) is 38.3 Å². The van der Waals surface area contributed by atoms with Crippen molar-refractivity contribution in [1.82, 2.24) is 14.8 Å². The normalized spacial score (nSPS) is 26.8. The maximum atomic E-state index is 12.0. The molecular weight excluding hydrogens is 298 g/mol. The van der Waals surface area contributed by atoms with Gasteiger partial charge in [-0.3, -0.25) is 9.69 Å². The molecule has 0 aliphatic carbocycles. The highest BCUT2D eigenvalue weighted by Crippen LogP contribution is 2.39. The van der Waals surface area contributed by atoms with E-state index in [1.807, 2.05) is 10.4 Å². The molecule has 2 aliphatic rings. The van der Waals surface area contributed by atoms with Gasteiger partial charge in [-0.05, 0) is 32.7 Å². The standard InChI is InChI=1S/C16H25N3O2S/c1-13-14(22-12-17-13)9-18-6-2-4-16(10-18)5-3-15(21)19(11-16)7-8-20/h12,20H,2-11H2,1H3/t16-/m1/s1. The zero-order valence-corrected chi connectivity index (χ0v) is 14.1. The quantitative estimate of drug-likeness (QED) is 0.915. The Morgan fingerprint density at radius 2 is 2.27 bits per heavy atom. The average Bonchev–Trinajstić information content (AvgIpc) is 2.89. The molecule has 0 bridgehead atoms. The van der Waals surface area contributed by atoms with Crippen LogP contribution in [-0.2, 0) is 11.3 Å². The first-order valence-corrected chi connectivity index (χ1v) is 9.00. The van der Waals surface area contributed by atoms with Gasteiger partial charge in [-0.2, -0.15) is 0 Å². The first-order chi connectivity index (χ1) is 10.6. The van der Waals surface area contributed by atoms with E-state index in [-0.39, 0.29) is 17.9 Å². The number of aliphatic hydroxyl groups is 1. The van der Waals surface area contributed by atoms with Crippen molar-refractivity contribution in [1.29, 1.82) is 0 Å². The summed E-state index contributed by atoms with van der Waals surface area (Å²) in [6.07, 6.45) is 4.01. The molecule has 3 heterocycles. The van der Waals surface area contributed by atoms with Gasteiger partial charge in [0.1, 0.15) is 0 Å². The lowest BCUT2D eigenvalue weighted by Crippen LogP contribution is -2.54. The molecule has 1 aromatic heterocycles. The van der Waals surface area contributed by atoms with E-state index in [4.69, 9.17) is 5.11 Å². The number of carbonyl (C=O) groups is 1. The third kappa shape index (κ3) is 3.34. The molecule has 1 aromatic rings. The minimum Gasteiger partial charge on any atom is -0.395 e. The minimum absolute atomic E-state index is 0.0611. The number of piperidine rings is 2. The van der Waals surface area contributed by atoms with Crippen LogP contribution in [0.1, 0.15) is 36.3 Å². The lowest BCUT2D eigenvalue weighted by molar-refractivity contribution is -0.140. The molecular formula is C16H25N3O2S. The van der Waals surface area contributed by atoms with Gasteiger partial charge in [0.05, 0.1) is 17.8 Å². The van der Waals surface area contributed by atoms with Crippen molar-refractivity contribution in [2.75, 3.05) is 32.8 Å². The molecule has 2 saturated heterocycles. The van der Waals surface area contributed by atoms with Crippen molar-refractivity contribution in [3.63, 3.8) is 0 Å². The molecule has 2 aliphatic heterocycles. The van der Waals surface area contributed by atoms with Gasteiger partial charge in [-0.25, -0.2) is 4.98 Å². The van der Waals surface area contributed by atoms with Gasteiger partial charge < -0.3 is 10.0 Å². The second-order valence-electron chi connectivity index (χ2n) is 6.71. The molecule has 3 rings (SSSR count). The number of hydrogen-bond donors (Lipinski definition) is 1. The van der Waals surface area contributed by atoms with Crippen LogP contribution in [0.25, 0.3) is 0 Å². The lowest BCUT2D eigenvalue weighted by Gasteiger charge is -2.48. The fourth-order valence-corrected chi connectivity index (χ4v) is 4.70. The highest BCUT2D eigenvalue weighted by Gasteiger charge is 2.41. The van der Waals surface area contributed by atoms with Gasteiger partial charge in [0.15, 0.2) is 0 Å². The third-order valence-corrected chi connectivity index (χ3v) is 5.99. The number of rotatable bonds is 4. The summed E-state index contributed by atoms with van der Waals surface area (Å²) in [5.41, 5.74) is 3.29. The van der Waals surface area contributed by atoms with Crippen LogP contribution in [-0.4, -0.2) is 58.6 Å². The Morgan fingerprint density at radius 3 is 3.00 bits per heavy atom. The molecule has 0 aromatic carbocycles. The molecule has 0 unspecified atom stereocenters. The van der Waals surface area contributed by atoms with Crippen molar-refractivity contribution in [2.24, 2.45) is 5.41 Å². The summed E-state index contributed by atoms with van der Waals surface area (Å²) in [5, 5.41) is 9.17. The minimum atomic E-state index is 0.0611. The van der Waals surface area contributed by atoms with Gasteiger partial charge >= 0.3 is 0 Å². The fraction of sp³-hybridized carbons (Fsp3) is 0.750. The molecule has 1 N–H and O–H groups in total. The molecule has 122 valence electrons. The summed E-state index contributed by atoms with van der Waals surface area (Å²) in [6.45, 7) is 6.59. The SMILES string of the molecule is Cc1ncsc1CN1CCC[C@@]2(CCC(=O)N(CCO)C2)C1. The summed E-state index contributed by atoms with van der Waals surface area (Å²) in [4.78, 5) is 22.1. The number of amides is 1. The monoisotopic (exact) mass is 323 g/mol. The Labute approximate surface area is 135 Å². The number of β-amino-alcohol motifs (C(OH)–C–C–N with tert-alkyl or cyclic N) is 1. The van der Waals surface area contributed by atoms with Gasteiger partial charge in [0, 0.05) is 42.9 Å². The smallest absolute Gasteiger partial charge is 0.222 e. The Hall–Kier alpha value is -0.980. The Morgan fingerprint density at radius 1 is 1.41 bits per heavy atom. The summed E-state index contributed by atoms with van der Waals surface area (Å²) in [6, 6.07) is 0. The lowest BCUT2D eigenvalue weighted by atomic mass is 9.73. The number of nitrogens with zero attached hydrogens (tertiary/aromatic N) is 3. The van der Waals surface area contributed by atoms with E-state index in [9.17, 15) is 4.79 Å². The summed E-state index contributed by atoms with van der Waals surface area (Å²) in [5.74, 6) is 0.204. The van der Waals surface area contributed by atoms with Crippen molar-refractivity contribution in [3.05, 3.63) is 16.1 Å². The van der Waals surface area contributed by atoms with Gasteiger partial charge in [-0.1, -0.05) is 0 Å². The van der Waals surface area contributed by atoms with Crippen LogP contribution < -0.4 is 0 Å². The molecule has 0 saturated carbocycles. The zero-order valence-electron chi connectivity index (χ0n) is 13.3. The van der Waals surface area contributed by atoms with Crippen LogP contribution in [0.5, 0.6) is 0 Å². The van der Waals surface area contributed by atoms with Crippen molar-refractivity contribution >= 4 is 17.2 Å². The first kappa shape index (κ1) is 15.9. The van der Waals surface area contributed by atoms with E-state index in [1.165, 1.54) is 17.7 Å². The van der Waals surface area contributed by atoms with Gasteiger partial charge in [0.2, 0.25) is 5.91 Å². The topological polar surface area (TPSA) is 56.7 Å². The van der Waals surface area contributed by atoms with E-state index in [0.29, 0.717) is 13.0 Å². The predicted octanol–water partition coefficient (Wildman–Crippen LogP) is 1.65. The van der Waals surface area contributed by atoms with Crippen LogP contribution >= 0.6 is 11.3 Å². The molecule has 5 nitrogen and oxygen atoms in total. The molecule has 6 heteroatoms. The molecule has 2 fully saturated rings. The number of aryl methyl sites for hydroxylation is 1. The second-order valence-corrected chi connectivity index (χ2v) is 7.65. The highest BCUT2D eigenvalue weighted by molar-refractivity contribution is 7.09. The van der Waals surface area contributed by atoms with Crippen LogP contribution in [0.15, 0.2) is 5.51 Å². The molecule has 1 atom stereocenters. The summed E-state index contributed by atoms with van der Waals surface area (Å²) >= 11 is 1.74. The number of hydrogen-bond acceptors (Lipinski definition) is 5. The largest absolute Gasteiger partial charge is 0.395 e. The summed E-state index contributed by atoms with van der Waals surface area (Å²) in [7, 11) is 0. The van der Waals surface area contributed by atoms with Gasteiger partial charge in [-0.15, -0.1) is 11.3 Å². The van der Waals surface area contributed by atoms with Crippen LogP contribution in [0, 0.1) is 12.3 Å². The molecule has 1 amide bonds. The van der Waals surface area contributed by atoms with E-state index < -0.39 is 0 Å². The number of carbonyl (C=O) groups excluding carboxylic acids is 1. The maximum absolute atomic E-state index is 12.0. The van der Waals surface area contributed by atoms with Crippen LogP contribution in [0.2, 0.25) is 0 Å². The van der Waals surface area contributed by atoms with Crippen molar-refractivity contribution in [2.45, 2.75) is 39.2 Å². The van der Waals surface area contributed by atoms with Crippen molar-refractivity contribution < 1.29 is 9.90 Å². The van der Waals surface area contributed by atoms with E-state index in [1.54, 1.807) is 11.3 Å². The average molecular weight is 323 g/mol. The molecule has 1 spiro atoms. The number of aliphatic hydroxyl groups excluding tert-OH is 1. The Kier molecular flexibility index (Phi) is 4.80. The number of aromatic nitrogens is 1. The predicted molar refractivity (Wildman–Crippen MR) is 86.7 cm³/mol. The number of likely N-dealkylation sites (tertiary alicyclic amines) is 2. The van der Waals surface area contributed by atoms with Crippen molar-refractivity contribution in [3.8, 4) is 0 Å². The Bertz CT molecular complexity index is 533. The maximum Gasteiger partial charge on any atom is 0.222 e. The number of thiazole rings is 1. The third-order valence-electron chi connectivity index (χ3n) is 5.07. The fourth-order valence-electron chi connectivity index (χ4n) is 3.89. The highest BCUT2D eigenvalue weighted by atomic mass is 32.1. The molecule has 22 heavy (non-hydrogen) atoms. The second kappa shape index (κ2) is 6.64. The first-order valence-electron chi connectivity index (χ1n) is 8.12. The zero-order chi connectivity index (χ0) is 15.6. The van der Waals surface area contributed by atoms with Crippen LogP contribution in [0.4, 0.5) is 0 Å².